The summed E-state index contributed by atoms with van der Waals surface area (Å²) in [5.74, 6) is 0.872. The molecule has 0 saturated heterocycles. The van der Waals surface area contributed by atoms with Crippen LogP contribution in [0.1, 0.15) is 55.6 Å². The maximum Gasteiger partial charge on any atom is 0.0953 e. The third kappa shape index (κ3) is 4.40. The van der Waals surface area contributed by atoms with E-state index in [4.69, 9.17) is 0 Å². The Morgan fingerprint density at radius 2 is 2.18 bits per heavy atom. The summed E-state index contributed by atoms with van der Waals surface area (Å²) < 4.78 is 0. The lowest BCUT2D eigenvalue weighted by Crippen LogP contribution is -2.14. The fourth-order valence-electron chi connectivity index (χ4n) is 2.70. The predicted octanol–water partition coefficient (Wildman–Crippen LogP) is 3.72. The second-order valence-corrected chi connectivity index (χ2v) is 6.26. The molecule has 0 amide bonds. The van der Waals surface area contributed by atoms with E-state index in [1.807, 2.05) is 6.92 Å². The summed E-state index contributed by atoms with van der Waals surface area (Å²) in [6, 6.07) is 0. The first-order chi connectivity index (χ1) is 8.24. The first-order valence-corrected chi connectivity index (χ1v) is 7.71. The van der Waals surface area contributed by atoms with Crippen molar-refractivity contribution in [2.45, 2.75) is 64.4 Å². The highest BCUT2D eigenvalue weighted by Crippen LogP contribution is 2.28. The van der Waals surface area contributed by atoms with Gasteiger partial charge in [-0.1, -0.05) is 32.1 Å². The Morgan fingerprint density at radius 3 is 2.82 bits per heavy atom. The van der Waals surface area contributed by atoms with Crippen LogP contribution in [0.2, 0.25) is 0 Å². The molecule has 0 spiro atoms. The lowest BCUT2D eigenvalue weighted by Gasteiger charge is -2.22. The lowest BCUT2D eigenvalue weighted by atomic mass is 9.85. The topological polar surface area (TPSA) is 33.1 Å². The molecular weight excluding hydrogens is 230 g/mol. The lowest BCUT2D eigenvalue weighted by molar-refractivity contribution is 0.149. The van der Waals surface area contributed by atoms with Crippen molar-refractivity contribution in [3.8, 4) is 0 Å². The Bertz CT molecular complexity index is 331. The normalized spacial score (nSPS) is 19.4. The van der Waals surface area contributed by atoms with Crippen LogP contribution in [0.3, 0.4) is 0 Å². The maximum atomic E-state index is 10.0. The van der Waals surface area contributed by atoms with Gasteiger partial charge in [0.25, 0.3) is 0 Å². The molecule has 96 valence electrons. The number of aliphatic hydroxyl groups is 1. The predicted molar refractivity (Wildman–Crippen MR) is 72.4 cm³/mol. The van der Waals surface area contributed by atoms with Crippen LogP contribution in [0, 0.1) is 12.8 Å². The second-order valence-electron chi connectivity index (χ2n) is 5.32. The van der Waals surface area contributed by atoms with Crippen LogP contribution >= 0.6 is 11.3 Å². The molecule has 3 heteroatoms. The molecule has 1 aliphatic rings. The summed E-state index contributed by atoms with van der Waals surface area (Å²) in [5.41, 5.74) is 1.07. The van der Waals surface area contributed by atoms with Crippen LogP contribution in [0.5, 0.6) is 0 Å². The number of aliphatic hydroxyl groups excluding tert-OH is 1. The molecule has 1 N–H and O–H groups in total. The molecule has 1 aromatic heterocycles. The number of hydrogen-bond acceptors (Lipinski definition) is 3. The van der Waals surface area contributed by atoms with Crippen LogP contribution in [-0.2, 0) is 6.42 Å². The smallest absolute Gasteiger partial charge is 0.0953 e. The highest BCUT2D eigenvalue weighted by molar-refractivity contribution is 7.09. The average molecular weight is 253 g/mol. The number of thiazole rings is 1. The van der Waals surface area contributed by atoms with Gasteiger partial charge in [-0.3, -0.25) is 0 Å². The molecular formula is C14H23NOS. The number of nitrogens with zero attached hydrogens (tertiary/aromatic N) is 1. The SMILES string of the molecule is Cc1csc(CC(O)CCC2CCCCC2)n1. The summed E-state index contributed by atoms with van der Waals surface area (Å²) in [6.45, 7) is 2.01. The van der Waals surface area contributed by atoms with Crippen molar-refractivity contribution in [2.24, 2.45) is 5.92 Å². The van der Waals surface area contributed by atoms with Crippen LogP contribution < -0.4 is 0 Å². The molecule has 1 heterocycles. The van der Waals surface area contributed by atoms with Gasteiger partial charge in [0, 0.05) is 17.5 Å². The Labute approximate surface area is 108 Å². The molecule has 0 aromatic carbocycles. The van der Waals surface area contributed by atoms with E-state index < -0.39 is 0 Å². The van der Waals surface area contributed by atoms with Crippen LogP contribution in [0.25, 0.3) is 0 Å². The molecule has 2 rings (SSSR count). The molecule has 0 radical (unpaired) electrons. The van der Waals surface area contributed by atoms with Gasteiger partial charge < -0.3 is 5.11 Å². The molecule has 1 atom stereocenters. The molecule has 0 bridgehead atoms. The first kappa shape index (κ1) is 13.0. The van der Waals surface area contributed by atoms with E-state index in [-0.39, 0.29) is 6.10 Å². The summed E-state index contributed by atoms with van der Waals surface area (Å²) in [5, 5.41) is 13.1. The van der Waals surface area contributed by atoms with E-state index in [0.29, 0.717) is 0 Å². The third-order valence-electron chi connectivity index (χ3n) is 3.71. The molecule has 1 fully saturated rings. The summed E-state index contributed by atoms with van der Waals surface area (Å²) in [4.78, 5) is 4.40. The van der Waals surface area contributed by atoms with E-state index in [0.717, 1.165) is 29.5 Å². The van der Waals surface area contributed by atoms with Crippen molar-refractivity contribution in [3.63, 3.8) is 0 Å². The minimum atomic E-state index is -0.192. The highest BCUT2D eigenvalue weighted by Gasteiger charge is 2.16. The zero-order valence-electron chi connectivity index (χ0n) is 10.7. The van der Waals surface area contributed by atoms with E-state index in [2.05, 4.69) is 10.4 Å². The minimum absolute atomic E-state index is 0.192. The fraction of sp³-hybridized carbons (Fsp3) is 0.786. The van der Waals surface area contributed by atoms with Gasteiger partial charge in [-0.05, 0) is 25.7 Å². The van der Waals surface area contributed by atoms with Crippen molar-refractivity contribution >= 4 is 11.3 Å². The maximum absolute atomic E-state index is 10.0. The average Bonchev–Trinajstić information content (AvgIpc) is 2.73. The Morgan fingerprint density at radius 1 is 1.41 bits per heavy atom. The Balaban J connectivity index is 1.68. The summed E-state index contributed by atoms with van der Waals surface area (Å²) >= 11 is 1.67. The van der Waals surface area contributed by atoms with Crippen molar-refractivity contribution < 1.29 is 5.11 Å². The molecule has 0 aliphatic heterocycles. The molecule has 1 saturated carbocycles. The van der Waals surface area contributed by atoms with Gasteiger partial charge in [0.05, 0.1) is 11.1 Å². The monoisotopic (exact) mass is 253 g/mol. The second kappa shape index (κ2) is 6.50. The van der Waals surface area contributed by atoms with Crippen LogP contribution in [0.4, 0.5) is 0 Å². The molecule has 1 unspecified atom stereocenters. The first-order valence-electron chi connectivity index (χ1n) is 6.83. The number of aromatic nitrogens is 1. The van der Waals surface area contributed by atoms with Gasteiger partial charge in [0.1, 0.15) is 0 Å². The molecule has 1 aromatic rings. The fourth-order valence-corrected chi connectivity index (χ4v) is 3.55. The van der Waals surface area contributed by atoms with Gasteiger partial charge in [0.2, 0.25) is 0 Å². The zero-order valence-corrected chi connectivity index (χ0v) is 11.5. The van der Waals surface area contributed by atoms with Gasteiger partial charge in [-0.25, -0.2) is 4.98 Å². The molecule has 17 heavy (non-hydrogen) atoms. The van der Waals surface area contributed by atoms with E-state index in [1.165, 1.54) is 38.5 Å². The summed E-state index contributed by atoms with van der Waals surface area (Å²) in [7, 11) is 0. The molecule has 1 aliphatic carbocycles. The van der Waals surface area contributed by atoms with Gasteiger partial charge in [-0.2, -0.15) is 0 Å². The molecule has 2 nitrogen and oxygen atoms in total. The van der Waals surface area contributed by atoms with Gasteiger partial charge in [-0.15, -0.1) is 11.3 Å². The largest absolute Gasteiger partial charge is 0.393 e. The Hall–Kier alpha value is -0.410. The van der Waals surface area contributed by atoms with Crippen molar-refractivity contribution in [1.82, 2.24) is 4.98 Å². The van der Waals surface area contributed by atoms with Crippen LogP contribution in [0.15, 0.2) is 5.38 Å². The summed E-state index contributed by atoms with van der Waals surface area (Å²) in [6.07, 6.45) is 9.66. The van der Waals surface area contributed by atoms with Gasteiger partial charge >= 0.3 is 0 Å². The Kier molecular flexibility index (Phi) is 4.99. The van der Waals surface area contributed by atoms with Crippen molar-refractivity contribution in [2.75, 3.05) is 0 Å². The van der Waals surface area contributed by atoms with Gasteiger partial charge in [0.15, 0.2) is 0 Å². The third-order valence-corrected chi connectivity index (χ3v) is 4.70. The van der Waals surface area contributed by atoms with E-state index in [9.17, 15) is 5.11 Å². The minimum Gasteiger partial charge on any atom is -0.393 e. The van der Waals surface area contributed by atoms with E-state index >= 15 is 0 Å². The van der Waals surface area contributed by atoms with E-state index in [1.54, 1.807) is 11.3 Å². The zero-order chi connectivity index (χ0) is 12.1. The quantitative estimate of drug-likeness (QED) is 0.867. The van der Waals surface area contributed by atoms with Crippen LogP contribution in [-0.4, -0.2) is 16.2 Å². The number of hydrogen-bond donors (Lipinski definition) is 1. The highest BCUT2D eigenvalue weighted by atomic mass is 32.1. The number of rotatable bonds is 5. The number of aryl methyl sites for hydroxylation is 1. The standard InChI is InChI=1S/C14H23NOS/c1-11-10-17-14(15-11)9-13(16)8-7-12-5-3-2-4-6-12/h10,12-13,16H,2-9H2,1H3. The van der Waals surface area contributed by atoms with Crippen molar-refractivity contribution in [1.29, 1.82) is 0 Å². The van der Waals surface area contributed by atoms with Crippen molar-refractivity contribution in [3.05, 3.63) is 16.1 Å².